The van der Waals surface area contributed by atoms with Crippen LogP contribution in [0.2, 0.25) is 0 Å². The van der Waals surface area contributed by atoms with Gasteiger partial charge in [0.2, 0.25) is 0 Å². The van der Waals surface area contributed by atoms with Crippen molar-refractivity contribution in [2.75, 3.05) is 20.2 Å². The lowest BCUT2D eigenvalue weighted by molar-refractivity contribution is -0.179. The fourth-order valence-corrected chi connectivity index (χ4v) is 3.52. The van der Waals surface area contributed by atoms with Crippen molar-refractivity contribution in [3.05, 3.63) is 65.7 Å². The zero-order valence-corrected chi connectivity index (χ0v) is 18.2. The number of hydrogen-bond donors (Lipinski definition) is 0. The second-order valence-corrected chi connectivity index (χ2v) is 8.45. The van der Waals surface area contributed by atoms with E-state index in [2.05, 4.69) is 12.1 Å². The second kappa shape index (κ2) is 9.96. The first-order valence-electron chi connectivity index (χ1n) is 10.3. The van der Waals surface area contributed by atoms with Gasteiger partial charge in [0.05, 0.1) is 26.4 Å². The molecule has 6 nitrogen and oxygen atoms in total. The zero-order valence-electron chi connectivity index (χ0n) is 18.2. The quantitative estimate of drug-likeness (QED) is 0.626. The highest BCUT2D eigenvalue weighted by molar-refractivity contribution is 5.60. The lowest BCUT2D eigenvalue weighted by Gasteiger charge is -2.37. The van der Waals surface area contributed by atoms with Gasteiger partial charge in [0.15, 0.2) is 0 Å². The Labute approximate surface area is 178 Å². The van der Waals surface area contributed by atoms with Gasteiger partial charge >= 0.3 is 6.16 Å². The summed E-state index contributed by atoms with van der Waals surface area (Å²) in [5, 5.41) is 1.65. The van der Waals surface area contributed by atoms with Crippen LogP contribution in [-0.4, -0.2) is 43.1 Å². The molecule has 1 fully saturated rings. The maximum absolute atomic E-state index is 12.1. The molecule has 2 aromatic rings. The molecule has 1 aliphatic rings. The average molecular weight is 414 g/mol. The van der Waals surface area contributed by atoms with Crippen molar-refractivity contribution < 1.29 is 23.8 Å². The van der Waals surface area contributed by atoms with Crippen molar-refractivity contribution >= 4 is 6.16 Å². The van der Waals surface area contributed by atoms with Crippen LogP contribution in [0, 0.1) is 0 Å². The number of carbonyl (C=O) groups is 1. The van der Waals surface area contributed by atoms with Crippen molar-refractivity contribution in [3.8, 4) is 5.75 Å². The number of hydroxylamine groups is 2. The number of ether oxygens (including phenoxy) is 3. The largest absolute Gasteiger partial charge is 0.528 e. The Balaban J connectivity index is 1.66. The van der Waals surface area contributed by atoms with E-state index in [1.54, 1.807) is 12.2 Å². The molecule has 0 radical (unpaired) electrons. The van der Waals surface area contributed by atoms with Gasteiger partial charge in [0, 0.05) is 12.5 Å². The summed E-state index contributed by atoms with van der Waals surface area (Å²) in [6, 6.07) is 18.2. The Kier molecular flexibility index (Phi) is 7.34. The fourth-order valence-electron chi connectivity index (χ4n) is 3.52. The van der Waals surface area contributed by atoms with Crippen LogP contribution in [0.15, 0.2) is 54.6 Å². The SMILES string of the molecule is COc1ccc(COC2CN(OC(=O)OC(C)(C)C)CCC2c2ccccc2)cc1. The van der Waals surface area contributed by atoms with Gasteiger partial charge in [-0.3, -0.25) is 0 Å². The highest BCUT2D eigenvalue weighted by Crippen LogP contribution is 2.31. The number of hydrogen-bond acceptors (Lipinski definition) is 6. The first kappa shape index (κ1) is 22.1. The van der Waals surface area contributed by atoms with Gasteiger partial charge in [0.1, 0.15) is 11.4 Å². The Morgan fingerprint density at radius 1 is 1.07 bits per heavy atom. The van der Waals surface area contributed by atoms with E-state index in [0.717, 1.165) is 17.7 Å². The van der Waals surface area contributed by atoms with E-state index in [0.29, 0.717) is 19.7 Å². The molecule has 2 unspecified atom stereocenters. The number of piperidine rings is 1. The maximum atomic E-state index is 12.1. The molecular weight excluding hydrogens is 382 g/mol. The van der Waals surface area contributed by atoms with Gasteiger partial charge in [-0.1, -0.05) is 42.5 Å². The molecule has 1 saturated heterocycles. The number of benzene rings is 2. The average Bonchev–Trinajstić information content (AvgIpc) is 2.72. The van der Waals surface area contributed by atoms with Gasteiger partial charge in [-0.25, -0.2) is 4.79 Å². The maximum Gasteiger partial charge on any atom is 0.528 e. The summed E-state index contributed by atoms with van der Waals surface area (Å²) in [7, 11) is 1.65. The molecule has 0 aromatic heterocycles. The van der Waals surface area contributed by atoms with Crippen molar-refractivity contribution in [2.45, 2.75) is 51.4 Å². The summed E-state index contributed by atoms with van der Waals surface area (Å²) < 4.78 is 16.8. The molecule has 162 valence electrons. The van der Waals surface area contributed by atoms with Crippen molar-refractivity contribution in [2.24, 2.45) is 0 Å². The lowest BCUT2D eigenvalue weighted by Crippen LogP contribution is -2.45. The van der Waals surface area contributed by atoms with E-state index >= 15 is 0 Å². The van der Waals surface area contributed by atoms with Crippen LogP contribution in [0.5, 0.6) is 5.75 Å². The standard InChI is InChI=1S/C24H31NO5/c1-24(2,3)29-23(26)30-25-15-14-21(19-8-6-5-7-9-19)22(16-25)28-17-18-10-12-20(27-4)13-11-18/h5-13,21-22H,14-17H2,1-4H3. The molecule has 0 N–H and O–H groups in total. The third kappa shape index (κ3) is 6.47. The van der Waals surface area contributed by atoms with E-state index in [1.165, 1.54) is 5.56 Å². The van der Waals surface area contributed by atoms with Gasteiger partial charge in [-0.05, 0) is 50.5 Å². The van der Waals surface area contributed by atoms with Crippen LogP contribution in [0.1, 0.15) is 44.2 Å². The van der Waals surface area contributed by atoms with Gasteiger partial charge < -0.3 is 19.0 Å². The highest BCUT2D eigenvalue weighted by atomic mass is 16.8. The lowest BCUT2D eigenvalue weighted by atomic mass is 9.87. The Hall–Kier alpha value is -2.57. The highest BCUT2D eigenvalue weighted by Gasteiger charge is 2.33. The van der Waals surface area contributed by atoms with E-state index < -0.39 is 11.8 Å². The van der Waals surface area contributed by atoms with Gasteiger partial charge in [-0.2, -0.15) is 0 Å². The van der Waals surface area contributed by atoms with Gasteiger partial charge in [0.25, 0.3) is 0 Å². The summed E-state index contributed by atoms with van der Waals surface area (Å²) in [5.74, 6) is 1.04. The van der Waals surface area contributed by atoms with Crippen LogP contribution in [0.3, 0.4) is 0 Å². The summed E-state index contributed by atoms with van der Waals surface area (Å²) in [6.07, 6.45) is 0.0142. The van der Waals surface area contributed by atoms with Gasteiger partial charge in [-0.15, -0.1) is 5.06 Å². The molecule has 2 aromatic carbocycles. The predicted octanol–water partition coefficient (Wildman–Crippen LogP) is 4.94. The van der Waals surface area contributed by atoms with E-state index in [4.69, 9.17) is 19.0 Å². The summed E-state index contributed by atoms with van der Waals surface area (Å²) in [6.45, 7) is 7.03. The minimum Gasteiger partial charge on any atom is -0.497 e. The number of carbonyl (C=O) groups excluding carboxylic acids is 1. The number of nitrogens with zero attached hydrogens (tertiary/aromatic N) is 1. The topological polar surface area (TPSA) is 57.2 Å². The van der Waals surface area contributed by atoms with Crippen LogP contribution in [0.25, 0.3) is 0 Å². The molecule has 30 heavy (non-hydrogen) atoms. The Bertz CT molecular complexity index is 801. The minimum atomic E-state index is -0.686. The van der Waals surface area contributed by atoms with E-state index in [1.807, 2.05) is 63.2 Å². The van der Waals surface area contributed by atoms with Crippen molar-refractivity contribution in [1.29, 1.82) is 0 Å². The van der Waals surface area contributed by atoms with E-state index in [-0.39, 0.29) is 12.0 Å². The Morgan fingerprint density at radius 3 is 2.40 bits per heavy atom. The number of methoxy groups -OCH3 is 1. The zero-order chi connectivity index (χ0) is 21.6. The summed E-state index contributed by atoms with van der Waals surface area (Å²) >= 11 is 0. The molecule has 0 spiro atoms. The van der Waals surface area contributed by atoms with Crippen LogP contribution in [-0.2, 0) is 20.9 Å². The van der Waals surface area contributed by atoms with Crippen molar-refractivity contribution in [3.63, 3.8) is 0 Å². The predicted molar refractivity (Wildman–Crippen MR) is 114 cm³/mol. The molecular formula is C24H31NO5. The molecule has 1 aliphatic heterocycles. The molecule has 1 heterocycles. The molecule has 3 rings (SSSR count). The van der Waals surface area contributed by atoms with Crippen LogP contribution in [0.4, 0.5) is 4.79 Å². The fraction of sp³-hybridized carbons (Fsp3) is 0.458. The minimum absolute atomic E-state index is 0.120. The molecule has 6 heteroatoms. The normalized spacial score (nSPS) is 19.9. The molecule has 0 amide bonds. The van der Waals surface area contributed by atoms with Crippen molar-refractivity contribution in [1.82, 2.24) is 5.06 Å². The first-order chi connectivity index (χ1) is 14.3. The molecule has 0 saturated carbocycles. The third-order valence-electron chi connectivity index (χ3n) is 4.97. The van der Waals surface area contributed by atoms with E-state index in [9.17, 15) is 4.79 Å². The monoisotopic (exact) mass is 413 g/mol. The second-order valence-electron chi connectivity index (χ2n) is 8.45. The molecule has 2 atom stereocenters. The van der Waals surface area contributed by atoms with Crippen LogP contribution >= 0.6 is 0 Å². The summed E-state index contributed by atoms with van der Waals surface area (Å²) in [5.41, 5.74) is 1.70. The molecule has 0 bridgehead atoms. The third-order valence-corrected chi connectivity index (χ3v) is 4.97. The Morgan fingerprint density at radius 2 is 1.77 bits per heavy atom. The smallest absolute Gasteiger partial charge is 0.497 e. The summed E-state index contributed by atoms with van der Waals surface area (Å²) in [4.78, 5) is 17.5. The number of rotatable bonds is 6. The molecule has 0 aliphatic carbocycles. The first-order valence-corrected chi connectivity index (χ1v) is 10.3. The van der Waals surface area contributed by atoms with Crippen LogP contribution < -0.4 is 4.74 Å².